The molecule has 15 N–H and O–H groups in total. The summed E-state index contributed by atoms with van der Waals surface area (Å²) in [5.74, 6) is -7.90. The van der Waals surface area contributed by atoms with E-state index in [2.05, 4.69) is 36.9 Å². The number of nitrogens with two attached hydrogens (primary N) is 3. The van der Waals surface area contributed by atoms with Crippen LogP contribution in [0.2, 0.25) is 0 Å². The summed E-state index contributed by atoms with van der Waals surface area (Å²) in [7, 11) is 0. The zero-order valence-electron chi connectivity index (χ0n) is 26.4. The van der Waals surface area contributed by atoms with E-state index in [0.717, 1.165) is 6.92 Å². The van der Waals surface area contributed by atoms with Crippen molar-refractivity contribution < 1.29 is 53.7 Å². The van der Waals surface area contributed by atoms with Crippen LogP contribution in [0, 0.1) is 5.92 Å². The highest BCUT2D eigenvalue weighted by Crippen LogP contribution is 2.07. The molecule has 0 aromatic heterocycles. The Labute approximate surface area is 270 Å². The lowest BCUT2D eigenvalue weighted by atomic mass is 10.0. The summed E-state index contributed by atoms with van der Waals surface area (Å²) < 4.78 is 0. The highest BCUT2D eigenvalue weighted by atomic mass is 16.4. The van der Waals surface area contributed by atoms with Crippen molar-refractivity contribution in [2.75, 3.05) is 19.7 Å². The van der Waals surface area contributed by atoms with Crippen LogP contribution in [0.4, 0.5) is 0 Å². The smallest absolute Gasteiger partial charge is 0.305 e. The number of aliphatic hydroxyl groups excluding tert-OH is 2. The van der Waals surface area contributed by atoms with E-state index in [1.165, 1.54) is 0 Å². The molecule has 0 saturated heterocycles. The Bertz CT molecular complexity index is 1140. The first-order valence-corrected chi connectivity index (χ1v) is 14.5. The molecule has 0 aromatic rings. The second-order valence-corrected chi connectivity index (χ2v) is 10.8. The molecule has 0 aliphatic rings. The summed E-state index contributed by atoms with van der Waals surface area (Å²) >= 11 is 0. The van der Waals surface area contributed by atoms with Crippen LogP contribution >= 0.6 is 0 Å². The van der Waals surface area contributed by atoms with Gasteiger partial charge < -0.3 is 64.4 Å². The van der Waals surface area contributed by atoms with Gasteiger partial charge in [-0.15, -0.1) is 0 Å². The van der Waals surface area contributed by atoms with Crippen LogP contribution in [0.3, 0.4) is 0 Å². The van der Waals surface area contributed by atoms with Crippen LogP contribution in [0.25, 0.3) is 0 Å². The lowest BCUT2D eigenvalue weighted by molar-refractivity contribution is -0.142. The Morgan fingerprint density at radius 2 is 1.34 bits per heavy atom. The molecule has 6 atom stereocenters. The molecule has 0 radical (unpaired) electrons. The van der Waals surface area contributed by atoms with Crippen LogP contribution in [-0.4, -0.2) is 125 Å². The Balaban J connectivity index is 5.78. The maximum Gasteiger partial charge on any atom is 0.305 e. The summed E-state index contributed by atoms with van der Waals surface area (Å²) in [6.45, 7) is 3.20. The standard InChI is InChI=1S/C26H46N10O11/c1-12(2)7-15(21(43)31-9-18(27)40)34-25(47)20(13(3)39)36-23(45)16(8-19(41)42)33-24(46)17(10-37)35-22(44)14(32-11-38)5-4-6-30-26(28)29/h11-17,20,37,39H,4-10H2,1-3H3,(H2,27,40)(H,31,43)(H,32,38)(H,33,46)(H,34,47)(H,35,44)(H,36,45)(H,41,42)(H4,28,29,30)/t13-,14+,15+,16+,17+,20+/m1/s1. The minimum atomic E-state index is -1.88. The van der Waals surface area contributed by atoms with Gasteiger partial charge >= 0.3 is 5.97 Å². The first-order valence-electron chi connectivity index (χ1n) is 14.5. The third-order valence-corrected chi connectivity index (χ3v) is 6.20. The number of hydrogen-bond acceptors (Lipinski definition) is 11. The monoisotopic (exact) mass is 674 g/mol. The molecule has 0 saturated carbocycles. The van der Waals surface area contributed by atoms with Gasteiger partial charge in [-0.05, 0) is 32.1 Å². The summed E-state index contributed by atoms with van der Waals surface area (Å²) in [6.07, 6.45) is -2.03. The average Bonchev–Trinajstić information content (AvgIpc) is 2.96. The van der Waals surface area contributed by atoms with Gasteiger partial charge in [0.05, 0.1) is 25.7 Å². The maximum atomic E-state index is 13.1. The van der Waals surface area contributed by atoms with Crippen LogP contribution in [0.15, 0.2) is 4.99 Å². The molecule has 0 spiro atoms. The number of carbonyl (C=O) groups excluding carboxylic acids is 7. The van der Waals surface area contributed by atoms with Crippen molar-refractivity contribution in [2.24, 2.45) is 28.1 Å². The van der Waals surface area contributed by atoms with E-state index < -0.39 is 97.3 Å². The first-order chi connectivity index (χ1) is 21.9. The molecule has 7 amide bonds. The SMILES string of the molecule is CC(C)C[C@H](NC(=O)[C@@H](NC(=O)[C@H](CC(=O)O)NC(=O)[C@H](CO)NC(=O)[C@H](CCCN=C(N)N)NC=O)[C@@H](C)O)C(=O)NCC(N)=O. The normalized spacial score (nSPS) is 14.5. The second-order valence-electron chi connectivity index (χ2n) is 10.8. The number of carboxylic acid groups (broad SMARTS) is 1. The first kappa shape index (κ1) is 41.9. The predicted octanol–water partition coefficient (Wildman–Crippen LogP) is -6.41. The number of aliphatic hydroxyl groups is 2. The lowest BCUT2D eigenvalue weighted by Crippen LogP contribution is -2.61. The Morgan fingerprint density at radius 3 is 1.83 bits per heavy atom. The van der Waals surface area contributed by atoms with E-state index in [4.69, 9.17) is 17.2 Å². The molecule has 0 fully saturated rings. The van der Waals surface area contributed by atoms with Gasteiger partial charge in [0, 0.05) is 6.54 Å². The highest BCUT2D eigenvalue weighted by molar-refractivity contribution is 5.97. The minimum absolute atomic E-state index is 0.0266. The maximum absolute atomic E-state index is 13.1. The van der Waals surface area contributed by atoms with Crippen molar-refractivity contribution in [2.45, 2.75) is 82.8 Å². The minimum Gasteiger partial charge on any atom is -0.481 e. The Morgan fingerprint density at radius 1 is 0.787 bits per heavy atom. The van der Waals surface area contributed by atoms with Gasteiger partial charge in [-0.2, -0.15) is 0 Å². The van der Waals surface area contributed by atoms with Gasteiger partial charge in [-0.3, -0.25) is 43.3 Å². The molecule has 0 aliphatic heterocycles. The summed E-state index contributed by atoms with van der Waals surface area (Å²) in [5, 5.41) is 42.6. The van der Waals surface area contributed by atoms with Crippen molar-refractivity contribution in [1.29, 1.82) is 0 Å². The number of carboxylic acids is 1. The predicted molar refractivity (Wildman–Crippen MR) is 163 cm³/mol. The molecule has 266 valence electrons. The number of nitrogens with one attached hydrogen (secondary N) is 6. The molecule has 0 rings (SSSR count). The van der Waals surface area contributed by atoms with Crippen molar-refractivity contribution in [3.63, 3.8) is 0 Å². The molecule has 0 unspecified atom stereocenters. The Kier molecular flexibility index (Phi) is 19.3. The van der Waals surface area contributed by atoms with E-state index in [1.807, 2.05) is 0 Å². The van der Waals surface area contributed by atoms with E-state index in [0.29, 0.717) is 0 Å². The van der Waals surface area contributed by atoms with E-state index >= 15 is 0 Å². The number of guanidine groups is 1. The van der Waals surface area contributed by atoms with Gasteiger partial charge in [-0.25, -0.2) is 0 Å². The fraction of sp³-hybridized carbons (Fsp3) is 0.654. The van der Waals surface area contributed by atoms with Gasteiger partial charge in [0.15, 0.2) is 5.96 Å². The zero-order valence-corrected chi connectivity index (χ0v) is 26.4. The lowest BCUT2D eigenvalue weighted by Gasteiger charge is -2.27. The van der Waals surface area contributed by atoms with Crippen molar-refractivity contribution in [3.8, 4) is 0 Å². The number of hydrogen-bond donors (Lipinski definition) is 12. The molecule has 0 aromatic carbocycles. The number of aliphatic carboxylic acids is 1. The largest absolute Gasteiger partial charge is 0.481 e. The summed E-state index contributed by atoms with van der Waals surface area (Å²) in [6, 6.07) is -7.74. The third kappa shape index (κ3) is 17.3. The summed E-state index contributed by atoms with van der Waals surface area (Å²) in [5.41, 5.74) is 15.5. The number of carbonyl (C=O) groups is 8. The van der Waals surface area contributed by atoms with Crippen molar-refractivity contribution in [3.05, 3.63) is 0 Å². The van der Waals surface area contributed by atoms with E-state index in [-0.39, 0.29) is 44.1 Å². The molecular weight excluding hydrogens is 628 g/mol. The number of aliphatic imine (C=N–C) groups is 1. The number of amides is 7. The number of rotatable bonds is 23. The fourth-order valence-electron chi connectivity index (χ4n) is 3.92. The number of nitrogens with zero attached hydrogens (tertiary/aromatic N) is 1. The average molecular weight is 675 g/mol. The van der Waals surface area contributed by atoms with Crippen LogP contribution < -0.4 is 49.1 Å². The van der Waals surface area contributed by atoms with Gasteiger partial charge in [0.1, 0.15) is 30.2 Å². The van der Waals surface area contributed by atoms with E-state index in [9.17, 15) is 53.7 Å². The second kappa shape index (κ2) is 21.6. The molecule has 47 heavy (non-hydrogen) atoms. The molecule has 21 nitrogen and oxygen atoms in total. The van der Waals surface area contributed by atoms with Gasteiger partial charge in [0.2, 0.25) is 41.9 Å². The van der Waals surface area contributed by atoms with Gasteiger partial charge in [0.25, 0.3) is 0 Å². The fourth-order valence-corrected chi connectivity index (χ4v) is 3.92. The van der Waals surface area contributed by atoms with E-state index in [1.54, 1.807) is 13.8 Å². The van der Waals surface area contributed by atoms with Crippen molar-refractivity contribution >= 4 is 53.8 Å². The topological polar surface area (TPSA) is 360 Å². The molecule has 0 bridgehead atoms. The zero-order chi connectivity index (χ0) is 36.3. The summed E-state index contributed by atoms with van der Waals surface area (Å²) in [4.78, 5) is 102. The molecule has 0 heterocycles. The van der Waals surface area contributed by atoms with Crippen LogP contribution in [-0.2, 0) is 38.4 Å². The number of primary amides is 1. The quantitative estimate of drug-likeness (QED) is 0.0208. The molecular formula is C26H46N10O11. The van der Waals surface area contributed by atoms with Crippen LogP contribution in [0.1, 0.15) is 46.5 Å². The van der Waals surface area contributed by atoms with Crippen molar-refractivity contribution in [1.82, 2.24) is 31.9 Å². The molecule has 0 aliphatic carbocycles. The third-order valence-electron chi connectivity index (χ3n) is 6.20. The highest BCUT2D eigenvalue weighted by Gasteiger charge is 2.34. The molecule has 21 heteroatoms. The van der Waals surface area contributed by atoms with Crippen LogP contribution in [0.5, 0.6) is 0 Å². The van der Waals surface area contributed by atoms with Gasteiger partial charge in [-0.1, -0.05) is 13.8 Å². The Hall–Kier alpha value is -5.05.